The molecule has 1 fully saturated rings. The van der Waals surface area contributed by atoms with E-state index in [9.17, 15) is 9.90 Å². The van der Waals surface area contributed by atoms with E-state index < -0.39 is 0 Å². The fourth-order valence-electron chi connectivity index (χ4n) is 2.57. The van der Waals surface area contributed by atoms with Crippen LogP contribution < -0.4 is 4.90 Å². The van der Waals surface area contributed by atoms with Crippen LogP contribution >= 0.6 is 11.3 Å². The number of aromatic nitrogens is 1. The van der Waals surface area contributed by atoms with Gasteiger partial charge in [-0.1, -0.05) is 6.42 Å². The molecule has 6 heteroatoms. The van der Waals surface area contributed by atoms with Gasteiger partial charge in [-0.15, -0.1) is 11.3 Å². The highest BCUT2D eigenvalue weighted by Crippen LogP contribution is 2.23. The number of aliphatic hydroxyl groups excluding tert-OH is 1. The van der Waals surface area contributed by atoms with Crippen molar-refractivity contribution in [1.29, 1.82) is 0 Å². The Bertz CT molecular complexity index is 410. The first kappa shape index (κ1) is 14.4. The number of likely N-dealkylation sites (N-methyl/N-ethyl adjacent to an activating group) is 1. The predicted molar refractivity (Wildman–Crippen MR) is 76.4 cm³/mol. The maximum absolute atomic E-state index is 12.3. The van der Waals surface area contributed by atoms with Crippen molar-refractivity contribution in [2.45, 2.75) is 38.3 Å². The molecule has 1 aromatic rings. The number of anilines is 1. The molecule has 0 bridgehead atoms. The Hall–Kier alpha value is -0.980. The molecule has 1 saturated heterocycles. The summed E-state index contributed by atoms with van der Waals surface area (Å²) >= 11 is 1.45. The largest absolute Gasteiger partial charge is 0.395 e. The Morgan fingerprint density at radius 1 is 1.63 bits per heavy atom. The van der Waals surface area contributed by atoms with Gasteiger partial charge in [0.1, 0.15) is 0 Å². The van der Waals surface area contributed by atoms with E-state index in [2.05, 4.69) is 16.8 Å². The minimum absolute atomic E-state index is 0.0298. The zero-order chi connectivity index (χ0) is 13.8. The lowest BCUT2D eigenvalue weighted by Gasteiger charge is -2.39. The zero-order valence-corrected chi connectivity index (χ0v) is 12.3. The third-order valence-electron chi connectivity index (χ3n) is 3.80. The van der Waals surface area contributed by atoms with E-state index in [-0.39, 0.29) is 18.6 Å². The van der Waals surface area contributed by atoms with Crippen molar-refractivity contribution in [2.75, 3.05) is 25.1 Å². The van der Waals surface area contributed by atoms with Crippen molar-refractivity contribution < 1.29 is 9.90 Å². The van der Waals surface area contributed by atoms with Gasteiger partial charge in [0.25, 0.3) is 0 Å². The van der Waals surface area contributed by atoms with Crippen LogP contribution in [-0.2, 0) is 4.79 Å². The molecule has 0 aromatic carbocycles. The van der Waals surface area contributed by atoms with Crippen LogP contribution in [0.25, 0.3) is 0 Å². The molecule has 1 aliphatic rings. The second-order valence-corrected chi connectivity index (χ2v) is 5.93. The van der Waals surface area contributed by atoms with E-state index in [4.69, 9.17) is 0 Å². The van der Waals surface area contributed by atoms with Crippen LogP contribution in [0.1, 0.15) is 26.2 Å². The van der Waals surface area contributed by atoms with Gasteiger partial charge in [0.05, 0.1) is 13.2 Å². The first-order valence-electron chi connectivity index (χ1n) is 6.66. The van der Waals surface area contributed by atoms with Crippen LogP contribution in [0.4, 0.5) is 5.13 Å². The number of amides is 1. The highest BCUT2D eigenvalue weighted by Gasteiger charge is 2.30. The Labute approximate surface area is 117 Å². The summed E-state index contributed by atoms with van der Waals surface area (Å²) in [6.45, 7) is 2.60. The monoisotopic (exact) mass is 283 g/mol. The van der Waals surface area contributed by atoms with Gasteiger partial charge >= 0.3 is 0 Å². The van der Waals surface area contributed by atoms with Crippen LogP contribution in [0.2, 0.25) is 0 Å². The number of carbonyl (C=O) groups is 1. The minimum Gasteiger partial charge on any atom is -0.395 e. The second kappa shape index (κ2) is 6.45. The zero-order valence-electron chi connectivity index (χ0n) is 11.5. The molecular formula is C13H21N3O2S. The summed E-state index contributed by atoms with van der Waals surface area (Å²) in [4.78, 5) is 20.1. The fourth-order valence-corrected chi connectivity index (χ4v) is 3.20. The van der Waals surface area contributed by atoms with E-state index in [1.807, 2.05) is 5.38 Å². The molecular weight excluding hydrogens is 262 g/mol. The molecule has 2 unspecified atom stereocenters. The van der Waals surface area contributed by atoms with E-state index in [1.54, 1.807) is 18.1 Å². The lowest BCUT2D eigenvalue weighted by atomic mass is 9.97. The molecule has 1 amide bonds. The molecule has 0 saturated carbocycles. The molecule has 5 nitrogen and oxygen atoms in total. The van der Waals surface area contributed by atoms with E-state index in [0.29, 0.717) is 12.6 Å². The molecule has 2 rings (SSSR count). The van der Waals surface area contributed by atoms with Crippen LogP contribution in [0.3, 0.4) is 0 Å². The Kier molecular flexibility index (Phi) is 4.90. The number of hydrogen-bond donors (Lipinski definition) is 1. The molecule has 2 heterocycles. The summed E-state index contributed by atoms with van der Waals surface area (Å²) < 4.78 is 0. The van der Waals surface area contributed by atoms with Gasteiger partial charge in [-0.25, -0.2) is 4.98 Å². The first-order valence-corrected chi connectivity index (χ1v) is 7.54. The van der Waals surface area contributed by atoms with Gasteiger partial charge in [-0.05, 0) is 19.8 Å². The Morgan fingerprint density at radius 2 is 2.42 bits per heavy atom. The number of rotatable bonds is 4. The van der Waals surface area contributed by atoms with Crippen molar-refractivity contribution in [3.63, 3.8) is 0 Å². The smallest absolute Gasteiger partial charge is 0.242 e. The van der Waals surface area contributed by atoms with Crippen LogP contribution in [-0.4, -0.2) is 53.2 Å². The standard InChI is InChI=1S/C13H21N3O2S/c1-10-4-3-5-11(9-17)16(10)8-12(18)15(2)13-14-6-7-19-13/h6-7,10-11,17H,3-5,8-9H2,1-2H3. The molecule has 2 atom stereocenters. The highest BCUT2D eigenvalue weighted by molar-refractivity contribution is 7.13. The number of piperidine rings is 1. The molecule has 1 N–H and O–H groups in total. The van der Waals surface area contributed by atoms with Crippen molar-refractivity contribution >= 4 is 22.4 Å². The van der Waals surface area contributed by atoms with E-state index in [1.165, 1.54) is 11.3 Å². The van der Waals surface area contributed by atoms with Gasteiger partial charge in [0.15, 0.2) is 5.13 Å². The van der Waals surface area contributed by atoms with Gasteiger partial charge in [0.2, 0.25) is 5.91 Å². The Balaban J connectivity index is 2.00. The van der Waals surface area contributed by atoms with Crippen molar-refractivity contribution in [2.24, 2.45) is 0 Å². The maximum Gasteiger partial charge on any atom is 0.242 e. The fraction of sp³-hybridized carbons (Fsp3) is 0.692. The number of hydrogen-bond acceptors (Lipinski definition) is 5. The topological polar surface area (TPSA) is 56.7 Å². The summed E-state index contributed by atoms with van der Waals surface area (Å²) in [5.41, 5.74) is 0. The third kappa shape index (κ3) is 3.32. The molecule has 19 heavy (non-hydrogen) atoms. The maximum atomic E-state index is 12.3. The summed E-state index contributed by atoms with van der Waals surface area (Å²) in [7, 11) is 1.75. The van der Waals surface area contributed by atoms with Gasteiger partial charge in [0, 0.05) is 30.7 Å². The molecule has 0 spiro atoms. The number of thiazole rings is 1. The average Bonchev–Trinajstić information content (AvgIpc) is 2.94. The van der Waals surface area contributed by atoms with Crippen LogP contribution in [0.15, 0.2) is 11.6 Å². The summed E-state index contributed by atoms with van der Waals surface area (Å²) in [5.74, 6) is 0.0298. The summed E-state index contributed by atoms with van der Waals surface area (Å²) in [6, 6.07) is 0.455. The highest BCUT2D eigenvalue weighted by atomic mass is 32.1. The van der Waals surface area contributed by atoms with Crippen molar-refractivity contribution in [3.8, 4) is 0 Å². The molecule has 106 valence electrons. The van der Waals surface area contributed by atoms with Crippen LogP contribution in [0, 0.1) is 0 Å². The molecule has 0 aliphatic carbocycles. The van der Waals surface area contributed by atoms with E-state index >= 15 is 0 Å². The Morgan fingerprint density at radius 3 is 3.05 bits per heavy atom. The van der Waals surface area contributed by atoms with Crippen molar-refractivity contribution in [3.05, 3.63) is 11.6 Å². The molecule has 0 radical (unpaired) electrons. The van der Waals surface area contributed by atoms with Gasteiger partial charge in [-0.2, -0.15) is 0 Å². The quantitative estimate of drug-likeness (QED) is 0.906. The molecule has 1 aliphatic heterocycles. The van der Waals surface area contributed by atoms with Crippen molar-refractivity contribution in [1.82, 2.24) is 9.88 Å². The normalized spacial score (nSPS) is 24.4. The lowest BCUT2D eigenvalue weighted by molar-refractivity contribution is -0.121. The average molecular weight is 283 g/mol. The number of nitrogens with zero attached hydrogens (tertiary/aromatic N) is 3. The molecule has 1 aromatic heterocycles. The van der Waals surface area contributed by atoms with Crippen LogP contribution in [0.5, 0.6) is 0 Å². The first-order chi connectivity index (χ1) is 9.13. The van der Waals surface area contributed by atoms with Gasteiger partial charge < -0.3 is 5.11 Å². The third-order valence-corrected chi connectivity index (χ3v) is 4.65. The summed E-state index contributed by atoms with van der Waals surface area (Å²) in [6.07, 6.45) is 4.88. The number of likely N-dealkylation sites (tertiary alicyclic amines) is 1. The second-order valence-electron chi connectivity index (χ2n) is 5.06. The SMILES string of the molecule is CC1CCCC(CO)N1CC(=O)N(C)c1nccs1. The number of aliphatic hydroxyl groups is 1. The number of carbonyl (C=O) groups excluding carboxylic acids is 1. The van der Waals surface area contributed by atoms with Gasteiger partial charge in [-0.3, -0.25) is 14.6 Å². The predicted octanol–water partition coefficient (Wildman–Crippen LogP) is 1.34. The van der Waals surface area contributed by atoms with E-state index in [0.717, 1.165) is 24.4 Å². The minimum atomic E-state index is 0.0298. The summed E-state index contributed by atoms with van der Waals surface area (Å²) in [5, 5.41) is 12.0. The lowest BCUT2D eigenvalue weighted by Crippen LogP contribution is -2.51.